The number of rotatable bonds is 6. The lowest BCUT2D eigenvalue weighted by molar-refractivity contribution is 0.142. The monoisotopic (exact) mass is 412 g/mol. The molecule has 2 heteroatoms. The fraction of sp³-hybridized carbons (Fsp3) is 0.643. The standard InChI is InChI=1S/C28H38F2/c1-3-19-5-11-22(12-6-19)23-13-8-21(9-14-23)10-16-25-18-24-15-7-20(4-2)17-26(24)28(30)27(25)29/h7,15,17-19,21-23H,3-6,8-14,16H2,1-2H3. The van der Waals surface area contributed by atoms with Crippen LogP contribution < -0.4 is 0 Å². The zero-order valence-electron chi connectivity index (χ0n) is 18.9. The molecule has 0 aliphatic heterocycles. The van der Waals surface area contributed by atoms with Crippen molar-refractivity contribution >= 4 is 10.8 Å². The molecule has 0 aromatic heterocycles. The maximum Gasteiger partial charge on any atom is 0.166 e. The van der Waals surface area contributed by atoms with Gasteiger partial charge in [-0.25, -0.2) is 8.78 Å². The molecule has 0 unspecified atom stereocenters. The number of halogens is 2. The minimum Gasteiger partial charge on any atom is -0.203 e. The van der Waals surface area contributed by atoms with Crippen LogP contribution in [0.15, 0.2) is 24.3 Å². The Morgan fingerprint density at radius 3 is 2.00 bits per heavy atom. The summed E-state index contributed by atoms with van der Waals surface area (Å²) in [6.45, 7) is 4.37. The number of benzene rings is 2. The van der Waals surface area contributed by atoms with E-state index < -0.39 is 11.6 Å². The summed E-state index contributed by atoms with van der Waals surface area (Å²) in [6.07, 6.45) is 14.8. The van der Waals surface area contributed by atoms with Crippen LogP contribution in [0.5, 0.6) is 0 Å². The lowest BCUT2D eigenvalue weighted by Gasteiger charge is -2.37. The van der Waals surface area contributed by atoms with Gasteiger partial charge in [-0.3, -0.25) is 0 Å². The van der Waals surface area contributed by atoms with E-state index in [-0.39, 0.29) is 0 Å². The van der Waals surface area contributed by atoms with Crippen molar-refractivity contribution in [2.24, 2.45) is 23.7 Å². The van der Waals surface area contributed by atoms with Gasteiger partial charge in [0.25, 0.3) is 0 Å². The Morgan fingerprint density at radius 2 is 1.40 bits per heavy atom. The van der Waals surface area contributed by atoms with E-state index in [9.17, 15) is 8.78 Å². The van der Waals surface area contributed by atoms with Crippen LogP contribution in [-0.2, 0) is 12.8 Å². The van der Waals surface area contributed by atoms with Crippen molar-refractivity contribution in [1.29, 1.82) is 0 Å². The SMILES string of the molecule is CCc1ccc2cc(CCC3CCC(C4CCC(CC)CC4)CC3)c(F)c(F)c2c1. The molecule has 0 spiro atoms. The van der Waals surface area contributed by atoms with Crippen LogP contribution in [0.4, 0.5) is 8.78 Å². The number of hydrogen-bond acceptors (Lipinski definition) is 0. The van der Waals surface area contributed by atoms with Crippen molar-refractivity contribution < 1.29 is 8.78 Å². The molecule has 0 N–H and O–H groups in total. The molecule has 0 heterocycles. The Balaban J connectivity index is 1.32. The van der Waals surface area contributed by atoms with Crippen LogP contribution in [0.2, 0.25) is 0 Å². The molecule has 0 atom stereocenters. The fourth-order valence-electron chi connectivity index (χ4n) is 6.21. The zero-order chi connectivity index (χ0) is 21.1. The molecule has 0 amide bonds. The Morgan fingerprint density at radius 1 is 0.767 bits per heavy atom. The molecule has 2 aliphatic rings. The van der Waals surface area contributed by atoms with Crippen LogP contribution >= 0.6 is 0 Å². The smallest absolute Gasteiger partial charge is 0.166 e. The van der Waals surface area contributed by atoms with Crippen LogP contribution in [0.1, 0.15) is 89.2 Å². The Kier molecular flexibility index (Phi) is 7.11. The van der Waals surface area contributed by atoms with Crippen molar-refractivity contribution in [2.75, 3.05) is 0 Å². The topological polar surface area (TPSA) is 0 Å². The van der Waals surface area contributed by atoms with Gasteiger partial charge in [-0.2, -0.15) is 0 Å². The molecular weight excluding hydrogens is 374 g/mol. The van der Waals surface area contributed by atoms with Gasteiger partial charge < -0.3 is 0 Å². The quantitative estimate of drug-likeness (QED) is 0.445. The first kappa shape index (κ1) is 21.8. The Bertz CT molecular complexity index is 839. The first-order valence-corrected chi connectivity index (χ1v) is 12.5. The summed E-state index contributed by atoms with van der Waals surface area (Å²) >= 11 is 0. The van der Waals surface area contributed by atoms with E-state index in [4.69, 9.17) is 0 Å². The minimum absolute atomic E-state index is 0.425. The van der Waals surface area contributed by atoms with Gasteiger partial charge >= 0.3 is 0 Å². The summed E-state index contributed by atoms with van der Waals surface area (Å²) in [4.78, 5) is 0. The summed E-state index contributed by atoms with van der Waals surface area (Å²) in [6, 6.07) is 7.65. The van der Waals surface area contributed by atoms with Gasteiger partial charge in [0.15, 0.2) is 11.6 Å². The second-order valence-corrected chi connectivity index (χ2v) is 10.1. The summed E-state index contributed by atoms with van der Waals surface area (Å²) < 4.78 is 29.4. The van der Waals surface area contributed by atoms with Crippen LogP contribution in [0.3, 0.4) is 0 Å². The largest absolute Gasteiger partial charge is 0.203 e. The number of fused-ring (bicyclic) bond motifs is 1. The highest BCUT2D eigenvalue weighted by Gasteiger charge is 2.30. The summed E-state index contributed by atoms with van der Waals surface area (Å²) in [5.74, 6) is 2.23. The molecule has 4 rings (SSSR count). The van der Waals surface area contributed by atoms with E-state index >= 15 is 0 Å². The van der Waals surface area contributed by atoms with E-state index in [2.05, 4.69) is 6.92 Å². The molecule has 164 valence electrons. The van der Waals surface area contributed by atoms with Gasteiger partial charge in [-0.05, 0) is 97.3 Å². The minimum atomic E-state index is -0.663. The first-order valence-electron chi connectivity index (χ1n) is 12.5. The van der Waals surface area contributed by atoms with Crippen molar-refractivity contribution in [3.63, 3.8) is 0 Å². The zero-order valence-corrected chi connectivity index (χ0v) is 18.9. The van der Waals surface area contributed by atoms with E-state index in [0.29, 0.717) is 23.3 Å². The predicted octanol–water partition coefficient (Wildman–Crippen LogP) is 8.64. The van der Waals surface area contributed by atoms with Gasteiger partial charge in [0.1, 0.15) is 0 Å². The fourth-order valence-corrected chi connectivity index (χ4v) is 6.21. The first-order chi connectivity index (χ1) is 14.6. The van der Waals surface area contributed by atoms with Crippen molar-refractivity contribution in [1.82, 2.24) is 0 Å². The van der Waals surface area contributed by atoms with E-state index in [1.165, 1.54) is 57.8 Å². The molecule has 2 aliphatic carbocycles. The third kappa shape index (κ3) is 4.73. The maximum absolute atomic E-state index is 14.7. The molecule has 2 fully saturated rings. The third-order valence-corrected chi connectivity index (χ3v) is 8.42. The van der Waals surface area contributed by atoms with Gasteiger partial charge in [0.05, 0.1) is 0 Å². The molecule has 0 bridgehead atoms. The third-order valence-electron chi connectivity index (χ3n) is 8.42. The number of aryl methyl sites for hydroxylation is 2. The van der Waals surface area contributed by atoms with E-state index in [1.807, 2.05) is 25.1 Å². The van der Waals surface area contributed by atoms with Crippen molar-refractivity contribution in [3.05, 3.63) is 47.0 Å². The lowest BCUT2D eigenvalue weighted by atomic mass is 9.68. The van der Waals surface area contributed by atoms with Gasteiger partial charge in [0, 0.05) is 5.39 Å². The van der Waals surface area contributed by atoms with Gasteiger partial charge in [-0.1, -0.05) is 58.1 Å². The molecule has 0 saturated heterocycles. The highest BCUT2D eigenvalue weighted by Crippen LogP contribution is 2.42. The molecular formula is C28H38F2. The maximum atomic E-state index is 14.7. The molecule has 2 aromatic carbocycles. The van der Waals surface area contributed by atoms with E-state index in [0.717, 1.165) is 41.5 Å². The summed E-state index contributed by atoms with van der Waals surface area (Å²) in [5.41, 5.74) is 1.61. The second-order valence-electron chi connectivity index (χ2n) is 10.1. The molecule has 30 heavy (non-hydrogen) atoms. The van der Waals surface area contributed by atoms with Gasteiger partial charge in [0.2, 0.25) is 0 Å². The van der Waals surface area contributed by atoms with Crippen molar-refractivity contribution in [2.45, 2.75) is 90.9 Å². The molecule has 0 radical (unpaired) electrons. The highest BCUT2D eigenvalue weighted by molar-refractivity contribution is 5.84. The molecule has 0 nitrogen and oxygen atoms in total. The normalized spacial score (nSPS) is 27.5. The Labute approximate surface area is 181 Å². The Hall–Kier alpha value is -1.44. The van der Waals surface area contributed by atoms with Crippen LogP contribution in [0, 0.1) is 35.3 Å². The predicted molar refractivity (Wildman–Crippen MR) is 123 cm³/mol. The summed E-state index contributed by atoms with van der Waals surface area (Å²) in [7, 11) is 0. The lowest BCUT2D eigenvalue weighted by Crippen LogP contribution is -2.25. The van der Waals surface area contributed by atoms with Crippen LogP contribution in [-0.4, -0.2) is 0 Å². The highest BCUT2D eigenvalue weighted by atomic mass is 19.2. The molecule has 2 aromatic rings. The average molecular weight is 413 g/mol. The number of hydrogen-bond donors (Lipinski definition) is 0. The summed E-state index contributed by atoms with van der Waals surface area (Å²) in [5, 5.41) is 1.25. The van der Waals surface area contributed by atoms with Crippen LogP contribution in [0.25, 0.3) is 10.8 Å². The second kappa shape index (κ2) is 9.79. The van der Waals surface area contributed by atoms with E-state index in [1.54, 1.807) is 6.07 Å². The van der Waals surface area contributed by atoms with Crippen molar-refractivity contribution in [3.8, 4) is 0 Å². The molecule has 2 saturated carbocycles. The van der Waals surface area contributed by atoms with Gasteiger partial charge in [-0.15, -0.1) is 0 Å². The average Bonchev–Trinajstić information content (AvgIpc) is 2.80.